The quantitative estimate of drug-likeness (QED) is 0.688. The van der Waals surface area contributed by atoms with E-state index < -0.39 is 11.6 Å². The van der Waals surface area contributed by atoms with E-state index >= 15 is 0 Å². The molecule has 0 bridgehead atoms. The fourth-order valence-corrected chi connectivity index (χ4v) is 3.53. The van der Waals surface area contributed by atoms with Gasteiger partial charge in [-0.05, 0) is 18.2 Å². The Bertz CT molecular complexity index is 1190. The number of nitrogens with zero attached hydrogens (tertiary/aromatic N) is 4. The maximum atomic E-state index is 14.3. The van der Waals surface area contributed by atoms with Crippen molar-refractivity contribution in [1.82, 2.24) is 24.6 Å². The highest BCUT2D eigenvalue weighted by Gasteiger charge is 2.29. The molecule has 0 saturated carbocycles. The van der Waals surface area contributed by atoms with Gasteiger partial charge in [0.15, 0.2) is 0 Å². The molecule has 160 valence electrons. The van der Waals surface area contributed by atoms with Gasteiger partial charge in [0.1, 0.15) is 17.3 Å². The summed E-state index contributed by atoms with van der Waals surface area (Å²) < 4.78 is 29.0. The van der Waals surface area contributed by atoms with Gasteiger partial charge in [0.05, 0.1) is 11.1 Å². The van der Waals surface area contributed by atoms with Gasteiger partial charge < -0.3 is 14.8 Å². The number of aromatic nitrogens is 3. The molecule has 3 heterocycles. The molecule has 31 heavy (non-hydrogen) atoms. The lowest BCUT2D eigenvalue weighted by Crippen LogP contribution is -2.50. The van der Waals surface area contributed by atoms with Gasteiger partial charge in [-0.2, -0.15) is 5.10 Å². The Balaban J connectivity index is 1.50. The van der Waals surface area contributed by atoms with E-state index in [0.29, 0.717) is 18.7 Å². The Kier molecular flexibility index (Phi) is 5.37. The average Bonchev–Trinajstić information content (AvgIpc) is 3.14. The van der Waals surface area contributed by atoms with E-state index in [-0.39, 0.29) is 47.3 Å². The Morgan fingerprint density at radius 2 is 1.68 bits per heavy atom. The van der Waals surface area contributed by atoms with E-state index in [1.165, 1.54) is 35.3 Å². The number of pyridine rings is 1. The van der Waals surface area contributed by atoms with Crippen LogP contribution in [0.2, 0.25) is 0 Å². The smallest absolute Gasteiger partial charge is 0.257 e. The molecule has 1 saturated heterocycles. The summed E-state index contributed by atoms with van der Waals surface area (Å²) in [6.07, 6.45) is 2.86. The highest BCUT2D eigenvalue weighted by molar-refractivity contribution is 6.00. The second-order valence-corrected chi connectivity index (χ2v) is 7.22. The van der Waals surface area contributed by atoms with Crippen molar-refractivity contribution in [3.63, 3.8) is 0 Å². The lowest BCUT2D eigenvalue weighted by molar-refractivity contribution is 0.0535. The molecule has 4 rings (SSSR count). The van der Waals surface area contributed by atoms with Gasteiger partial charge >= 0.3 is 0 Å². The molecule has 0 aliphatic carbocycles. The molecule has 0 spiro atoms. The zero-order valence-electron chi connectivity index (χ0n) is 16.6. The van der Waals surface area contributed by atoms with Crippen LogP contribution in [0, 0.1) is 11.6 Å². The molecule has 0 radical (unpaired) electrons. The first-order valence-corrected chi connectivity index (χ1v) is 9.60. The molecule has 2 amide bonds. The molecule has 1 N–H and O–H groups in total. The zero-order chi connectivity index (χ0) is 22.1. The lowest BCUT2D eigenvalue weighted by Gasteiger charge is -2.34. The summed E-state index contributed by atoms with van der Waals surface area (Å²) in [4.78, 5) is 42.5. The minimum Gasteiger partial charge on any atom is -0.335 e. The van der Waals surface area contributed by atoms with Crippen molar-refractivity contribution in [2.75, 3.05) is 26.2 Å². The predicted molar refractivity (Wildman–Crippen MR) is 107 cm³/mol. The van der Waals surface area contributed by atoms with Gasteiger partial charge in [0.2, 0.25) is 5.56 Å². The topological polar surface area (TPSA) is 91.3 Å². The van der Waals surface area contributed by atoms with Crippen LogP contribution < -0.4 is 5.56 Å². The van der Waals surface area contributed by atoms with Crippen LogP contribution in [-0.4, -0.2) is 62.6 Å². The van der Waals surface area contributed by atoms with E-state index in [2.05, 4.69) is 10.1 Å². The summed E-state index contributed by atoms with van der Waals surface area (Å²) in [5.41, 5.74) is 0.444. The largest absolute Gasteiger partial charge is 0.335 e. The minimum absolute atomic E-state index is 0.0391. The van der Waals surface area contributed by atoms with Crippen molar-refractivity contribution in [3.05, 3.63) is 75.8 Å². The highest BCUT2D eigenvalue weighted by Crippen LogP contribution is 2.27. The normalized spacial score (nSPS) is 14.0. The van der Waals surface area contributed by atoms with Crippen LogP contribution in [0.1, 0.15) is 20.7 Å². The van der Waals surface area contributed by atoms with E-state index in [1.54, 1.807) is 16.8 Å². The second kappa shape index (κ2) is 8.13. The number of carbonyl (C=O) groups is 2. The van der Waals surface area contributed by atoms with Crippen molar-refractivity contribution in [1.29, 1.82) is 0 Å². The van der Waals surface area contributed by atoms with Crippen LogP contribution in [-0.2, 0) is 7.05 Å². The van der Waals surface area contributed by atoms with Crippen molar-refractivity contribution < 1.29 is 18.4 Å². The molecule has 0 unspecified atom stereocenters. The Labute approximate surface area is 175 Å². The Morgan fingerprint density at radius 1 is 1.00 bits per heavy atom. The van der Waals surface area contributed by atoms with E-state index in [9.17, 15) is 23.2 Å². The first-order chi connectivity index (χ1) is 14.8. The van der Waals surface area contributed by atoms with Gasteiger partial charge in [-0.3, -0.25) is 19.1 Å². The summed E-state index contributed by atoms with van der Waals surface area (Å²) in [5.74, 6) is -2.10. The first kappa shape index (κ1) is 20.5. The standard InChI is InChI=1S/C21H19F2N5O3/c1-26-12-16(19(25-26)15-4-3-14(22)10-17(15)23)21(31)28-8-6-27(7-9-28)20(30)13-2-5-18(29)24-11-13/h2-5,10-12H,6-9H2,1H3,(H,24,29). The van der Waals surface area contributed by atoms with E-state index in [0.717, 1.165) is 12.1 Å². The molecular weight excluding hydrogens is 408 g/mol. The number of amides is 2. The first-order valence-electron chi connectivity index (χ1n) is 9.60. The number of piperazine rings is 1. The van der Waals surface area contributed by atoms with Crippen molar-refractivity contribution >= 4 is 11.8 Å². The Hall–Kier alpha value is -3.82. The van der Waals surface area contributed by atoms with Gasteiger partial charge in [0, 0.05) is 63.3 Å². The van der Waals surface area contributed by atoms with Gasteiger partial charge in [0.25, 0.3) is 11.8 Å². The van der Waals surface area contributed by atoms with Crippen LogP contribution in [0.25, 0.3) is 11.3 Å². The molecule has 0 atom stereocenters. The zero-order valence-corrected chi connectivity index (χ0v) is 16.6. The summed E-state index contributed by atoms with van der Waals surface area (Å²) >= 11 is 0. The fraction of sp³-hybridized carbons (Fsp3) is 0.238. The number of aromatic amines is 1. The van der Waals surface area contributed by atoms with Gasteiger partial charge in [-0.15, -0.1) is 0 Å². The lowest BCUT2D eigenvalue weighted by atomic mass is 10.1. The van der Waals surface area contributed by atoms with E-state index in [4.69, 9.17) is 0 Å². The van der Waals surface area contributed by atoms with Crippen molar-refractivity contribution in [3.8, 4) is 11.3 Å². The predicted octanol–water partition coefficient (Wildman–Crippen LogP) is 1.65. The third-order valence-corrected chi connectivity index (χ3v) is 5.13. The average molecular weight is 427 g/mol. The number of nitrogens with one attached hydrogen (secondary N) is 1. The number of benzene rings is 1. The monoisotopic (exact) mass is 427 g/mol. The van der Waals surface area contributed by atoms with Crippen LogP contribution in [0.15, 0.2) is 47.5 Å². The van der Waals surface area contributed by atoms with Gasteiger partial charge in [-0.25, -0.2) is 8.78 Å². The SMILES string of the molecule is Cn1cc(C(=O)N2CCN(C(=O)c3ccc(=O)[nH]c3)CC2)c(-c2ccc(F)cc2F)n1. The maximum Gasteiger partial charge on any atom is 0.257 e. The van der Waals surface area contributed by atoms with Crippen LogP contribution in [0.5, 0.6) is 0 Å². The summed E-state index contributed by atoms with van der Waals surface area (Å²) in [5, 5.41) is 4.19. The molecule has 1 aromatic carbocycles. The summed E-state index contributed by atoms with van der Waals surface area (Å²) in [7, 11) is 1.61. The number of hydrogen-bond acceptors (Lipinski definition) is 4. The number of carbonyl (C=O) groups excluding carboxylic acids is 2. The van der Waals surface area contributed by atoms with Crippen molar-refractivity contribution in [2.45, 2.75) is 0 Å². The summed E-state index contributed by atoms with van der Waals surface area (Å²) in [6, 6.07) is 5.86. The molecule has 10 heteroatoms. The third-order valence-electron chi connectivity index (χ3n) is 5.13. The van der Waals surface area contributed by atoms with Crippen LogP contribution in [0.4, 0.5) is 8.78 Å². The van der Waals surface area contributed by atoms with Crippen LogP contribution >= 0.6 is 0 Å². The van der Waals surface area contributed by atoms with E-state index in [1.807, 2.05) is 0 Å². The fourth-order valence-electron chi connectivity index (χ4n) is 3.53. The summed E-state index contributed by atoms with van der Waals surface area (Å²) in [6.45, 7) is 1.19. The second-order valence-electron chi connectivity index (χ2n) is 7.22. The number of halogens is 2. The van der Waals surface area contributed by atoms with Crippen molar-refractivity contribution in [2.24, 2.45) is 7.05 Å². The molecular formula is C21H19F2N5O3. The molecule has 2 aromatic heterocycles. The molecule has 1 fully saturated rings. The third kappa shape index (κ3) is 4.09. The number of rotatable bonds is 3. The highest BCUT2D eigenvalue weighted by atomic mass is 19.1. The molecule has 3 aromatic rings. The number of hydrogen-bond donors (Lipinski definition) is 1. The molecule has 1 aliphatic heterocycles. The molecule has 8 nitrogen and oxygen atoms in total. The number of aryl methyl sites for hydroxylation is 1. The Morgan fingerprint density at radius 3 is 2.29 bits per heavy atom. The minimum atomic E-state index is -0.802. The number of H-pyrrole nitrogens is 1. The van der Waals surface area contributed by atoms with Crippen LogP contribution in [0.3, 0.4) is 0 Å². The maximum absolute atomic E-state index is 14.3. The van der Waals surface area contributed by atoms with Gasteiger partial charge in [-0.1, -0.05) is 0 Å². The molecule has 1 aliphatic rings.